The molecule has 0 saturated carbocycles. The van der Waals surface area contributed by atoms with Crippen LogP contribution >= 0.6 is 0 Å². The number of hydrogen-bond donors (Lipinski definition) is 5. The number of nitrogens with zero attached hydrogens (tertiary/aromatic N) is 1. The quantitative estimate of drug-likeness (QED) is 0.0649. The van der Waals surface area contributed by atoms with Gasteiger partial charge in [0.15, 0.2) is 12.2 Å². The van der Waals surface area contributed by atoms with Crippen molar-refractivity contribution in [3.05, 3.63) is 71.8 Å². The summed E-state index contributed by atoms with van der Waals surface area (Å²) < 4.78 is 40.9. The topological polar surface area (TPSA) is 192 Å². The zero-order valence-electron chi connectivity index (χ0n) is 20.2. The number of aryl methyl sites for hydroxylation is 1. The average Bonchev–Trinajstić information content (AvgIpc) is 2.79. The normalized spacial score (nSPS) is 14.0. The fourth-order valence-electron chi connectivity index (χ4n) is 3.32. The number of aliphatic imine (C=N–C) groups is 1. The molecule has 0 aliphatic rings. The van der Waals surface area contributed by atoms with Crippen LogP contribution in [0.4, 0.5) is 0 Å². The van der Waals surface area contributed by atoms with Gasteiger partial charge in [0.05, 0.1) is 21.5 Å². The minimum absolute atomic E-state index is 0. The Kier molecular flexibility index (Phi) is 14.1. The summed E-state index contributed by atoms with van der Waals surface area (Å²) in [5, 5.41) is 27.3. The van der Waals surface area contributed by atoms with Crippen molar-refractivity contribution < 1.29 is 62.6 Å². The molecule has 2 rings (SSSR count). The minimum Gasteiger partial charge on any atom is -0.748 e. The molecule has 2 aromatic rings. The van der Waals surface area contributed by atoms with Crippen molar-refractivity contribution in [2.75, 3.05) is 6.61 Å². The van der Waals surface area contributed by atoms with Crippen LogP contribution in [-0.4, -0.2) is 52.3 Å². The average molecular weight is 530 g/mol. The summed E-state index contributed by atoms with van der Waals surface area (Å²) in [4.78, 5) is 3.98. The second-order valence-electron chi connectivity index (χ2n) is 7.99. The van der Waals surface area contributed by atoms with Crippen LogP contribution in [0.1, 0.15) is 42.9 Å². The largest absolute Gasteiger partial charge is 1.00 e. The van der Waals surface area contributed by atoms with Crippen molar-refractivity contribution in [2.45, 2.75) is 49.7 Å². The first-order valence-electron chi connectivity index (χ1n) is 11.1. The number of allylic oxidation sites excluding steroid dienone is 1. The van der Waals surface area contributed by atoms with Gasteiger partial charge in [-0.2, -0.15) is 0 Å². The number of hydrogen-bond acceptors (Lipinski definition) is 8. The van der Waals surface area contributed by atoms with Crippen molar-refractivity contribution in [3.8, 4) is 11.5 Å². The molecular formula is C24H32N3NaO7S. The molecule has 3 atom stereocenters. The fourth-order valence-corrected chi connectivity index (χ4v) is 4.08. The van der Waals surface area contributed by atoms with Gasteiger partial charge in [-0.25, -0.2) is 13.4 Å². The Bertz CT molecular complexity index is 1070. The molecule has 0 aliphatic heterocycles. The van der Waals surface area contributed by atoms with Crippen LogP contribution < -0.4 is 45.8 Å². The van der Waals surface area contributed by atoms with Gasteiger partial charge in [-0.05, 0) is 61.1 Å². The number of phenols is 1. The van der Waals surface area contributed by atoms with E-state index in [1.54, 1.807) is 36.4 Å². The molecule has 0 heterocycles. The maximum absolute atomic E-state index is 11.7. The van der Waals surface area contributed by atoms with E-state index >= 15 is 0 Å². The molecule has 0 spiro atoms. The number of nitrogens with two attached hydrogens (primary N) is 2. The Labute approximate surface area is 233 Å². The maximum atomic E-state index is 11.7. The number of benzene rings is 2. The summed E-state index contributed by atoms with van der Waals surface area (Å²) in [6, 6.07) is 12.9. The van der Waals surface area contributed by atoms with E-state index in [4.69, 9.17) is 21.3 Å². The molecule has 192 valence electrons. The van der Waals surface area contributed by atoms with Crippen molar-refractivity contribution in [3.63, 3.8) is 0 Å². The fraction of sp³-hybridized carbons (Fsp3) is 0.375. The van der Waals surface area contributed by atoms with Crippen LogP contribution in [0.2, 0.25) is 0 Å². The first-order chi connectivity index (χ1) is 16.6. The first-order valence-corrected chi connectivity index (χ1v) is 12.6. The second kappa shape index (κ2) is 15.9. The van der Waals surface area contributed by atoms with E-state index in [2.05, 4.69) is 4.99 Å². The monoisotopic (exact) mass is 529 g/mol. The molecule has 0 aliphatic carbocycles. The molecule has 7 N–H and O–H groups in total. The summed E-state index contributed by atoms with van der Waals surface area (Å²) in [5.74, 6) is 0.442. The number of rotatable bonds is 14. The third-order valence-electron chi connectivity index (χ3n) is 5.21. The van der Waals surface area contributed by atoms with E-state index < -0.39 is 27.7 Å². The van der Waals surface area contributed by atoms with E-state index in [1.165, 1.54) is 24.3 Å². The summed E-state index contributed by atoms with van der Waals surface area (Å²) >= 11 is 0. The molecule has 10 nitrogen and oxygen atoms in total. The van der Waals surface area contributed by atoms with Gasteiger partial charge in [-0.15, -0.1) is 0 Å². The predicted octanol–water partition coefficient (Wildman–Crippen LogP) is -1.33. The molecule has 0 fully saturated rings. The smallest absolute Gasteiger partial charge is 0.748 e. The predicted molar refractivity (Wildman–Crippen MR) is 132 cm³/mol. The van der Waals surface area contributed by atoms with Crippen molar-refractivity contribution in [1.29, 1.82) is 0 Å². The van der Waals surface area contributed by atoms with Gasteiger partial charge in [0, 0.05) is 13.0 Å². The Morgan fingerprint density at radius 3 is 2.28 bits per heavy atom. The van der Waals surface area contributed by atoms with E-state index in [-0.39, 0.29) is 60.7 Å². The number of ether oxygens (including phenoxy) is 1. The Hall–Kier alpha value is -2.12. The van der Waals surface area contributed by atoms with Crippen molar-refractivity contribution >= 4 is 16.1 Å². The van der Waals surface area contributed by atoms with Crippen LogP contribution in [0, 0.1) is 0 Å². The molecule has 0 amide bonds. The second-order valence-corrected chi connectivity index (χ2v) is 9.64. The van der Waals surface area contributed by atoms with E-state index in [0.29, 0.717) is 30.6 Å². The Morgan fingerprint density at radius 1 is 1.08 bits per heavy atom. The zero-order chi connectivity index (χ0) is 25.8. The first kappa shape index (κ1) is 31.9. The van der Waals surface area contributed by atoms with E-state index in [0.717, 1.165) is 5.56 Å². The van der Waals surface area contributed by atoms with Crippen molar-refractivity contribution in [2.24, 2.45) is 16.5 Å². The standard InChI is InChI=1S/C24H33N3O7S.Na/c25-24(26)27-23(5-2-16-28)34-20-13-6-17(7-14-20)8-15-21(35(31,32)33)3-1-4-22(30)18-9-11-19(29)12-10-18;/h1,4,6-7,9-14,21-23,28-30H,2-3,5,8,15-16H2,(H4,25,26,27)(H,31,32,33);/q;+1/p-1/b4-1+;/t21-,22+,23-;/m0./s1. The molecule has 0 bridgehead atoms. The number of aliphatic hydroxyl groups excluding tert-OH is 2. The SMILES string of the molecule is NC(N)=N[C@H](CCCO)Oc1ccc(CC[C@H](C/C=C/[C@@H](O)c2ccc(O)cc2)S(=O)(=O)[O-])cc1.[Na+]. The molecule has 0 aromatic heterocycles. The number of guanidine groups is 1. The Morgan fingerprint density at radius 2 is 1.72 bits per heavy atom. The van der Waals surface area contributed by atoms with Gasteiger partial charge < -0.3 is 36.1 Å². The number of aromatic hydroxyl groups is 1. The summed E-state index contributed by atoms with van der Waals surface area (Å²) in [6.07, 6.45) is 2.58. The van der Waals surface area contributed by atoms with Crippen molar-refractivity contribution in [1.82, 2.24) is 0 Å². The molecule has 36 heavy (non-hydrogen) atoms. The maximum Gasteiger partial charge on any atom is 1.00 e. The summed E-state index contributed by atoms with van der Waals surface area (Å²) in [5.41, 5.74) is 12.2. The molecular weight excluding hydrogens is 497 g/mol. The third kappa shape index (κ3) is 11.7. The van der Waals surface area contributed by atoms with Gasteiger partial charge in [0.1, 0.15) is 11.5 Å². The number of phenolic OH excluding ortho intramolecular Hbond substituents is 1. The van der Waals surface area contributed by atoms with Crippen LogP contribution in [-0.2, 0) is 16.5 Å². The van der Waals surface area contributed by atoms with Crippen LogP contribution in [0.5, 0.6) is 11.5 Å². The Balaban J connectivity index is 0.00000648. The van der Waals surface area contributed by atoms with E-state index in [9.17, 15) is 23.2 Å². The van der Waals surface area contributed by atoms with Crippen LogP contribution in [0.3, 0.4) is 0 Å². The van der Waals surface area contributed by atoms with Gasteiger partial charge in [-0.3, -0.25) is 0 Å². The molecule has 12 heteroatoms. The van der Waals surface area contributed by atoms with Crippen LogP contribution in [0.25, 0.3) is 0 Å². The minimum atomic E-state index is -4.55. The third-order valence-corrected chi connectivity index (χ3v) is 6.46. The molecule has 0 radical (unpaired) electrons. The van der Waals surface area contributed by atoms with E-state index in [1.807, 2.05) is 0 Å². The number of aliphatic hydroxyl groups is 2. The van der Waals surface area contributed by atoms with Gasteiger partial charge in [-0.1, -0.05) is 36.4 Å². The molecule has 2 aromatic carbocycles. The van der Waals surface area contributed by atoms with Gasteiger partial charge in [0.25, 0.3) is 0 Å². The summed E-state index contributed by atoms with van der Waals surface area (Å²) in [7, 11) is -4.55. The van der Waals surface area contributed by atoms with Gasteiger partial charge in [0.2, 0.25) is 0 Å². The van der Waals surface area contributed by atoms with Gasteiger partial charge >= 0.3 is 29.6 Å². The molecule has 0 unspecified atom stereocenters. The molecule has 0 saturated heterocycles. The zero-order valence-corrected chi connectivity index (χ0v) is 23.0. The summed E-state index contributed by atoms with van der Waals surface area (Å²) in [6.45, 7) is -0.0203. The van der Waals surface area contributed by atoms with Crippen LogP contribution in [0.15, 0.2) is 65.7 Å².